The Morgan fingerprint density at radius 2 is 1.51 bits per heavy atom. The van der Waals surface area contributed by atoms with Crippen LogP contribution in [0.3, 0.4) is 0 Å². The van der Waals surface area contributed by atoms with Crippen LogP contribution < -0.4 is 9.62 Å². The van der Waals surface area contributed by atoms with Crippen molar-refractivity contribution >= 4 is 60.5 Å². The number of hydrogen-bond acceptors (Lipinski definition) is 6. The van der Waals surface area contributed by atoms with Gasteiger partial charge in [0.15, 0.2) is 0 Å². The Morgan fingerprint density at radius 3 is 2.19 bits per heavy atom. The maximum Gasteiger partial charge on any atom is 0.265 e. The fourth-order valence-electron chi connectivity index (χ4n) is 3.67. The highest BCUT2D eigenvalue weighted by Gasteiger charge is 2.29. The van der Waals surface area contributed by atoms with Gasteiger partial charge in [-0.25, -0.2) is 16.8 Å². The van der Waals surface area contributed by atoms with E-state index in [2.05, 4.69) is 5.32 Å². The number of rotatable bonds is 7. The number of nitrogens with zero attached hydrogens (tertiary/aromatic N) is 2. The minimum Gasteiger partial charge on any atom is -0.379 e. The molecular weight excluding hydrogens is 561 g/mol. The highest BCUT2D eigenvalue weighted by molar-refractivity contribution is 7.93. The zero-order valence-electron chi connectivity index (χ0n) is 19.6. The summed E-state index contributed by atoms with van der Waals surface area (Å²) >= 11 is 12.4. The molecule has 0 saturated carbocycles. The molecule has 0 radical (unpaired) electrons. The highest BCUT2D eigenvalue weighted by Crippen LogP contribution is 2.30. The van der Waals surface area contributed by atoms with Crippen LogP contribution in [0.5, 0.6) is 0 Å². The lowest BCUT2D eigenvalue weighted by Gasteiger charge is -2.26. The standard InChI is InChI=1S/C24H23Cl2N3O6S2/c1-28(19-5-3-2-4-6-19)36(31,32)22-15-17(7-9-20(22)25)24(30)27-18-8-10-21(26)23(16-18)37(33,34)29-11-13-35-14-12-29/h2-10,15-16H,11-14H2,1H3,(H,27,30). The average Bonchev–Trinajstić information content (AvgIpc) is 2.90. The van der Waals surface area contributed by atoms with Gasteiger partial charge in [0.25, 0.3) is 15.9 Å². The third kappa shape index (κ3) is 5.77. The maximum absolute atomic E-state index is 13.2. The van der Waals surface area contributed by atoms with Crippen LogP contribution in [0.1, 0.15) is 10.4 Å². The van der Waals surface area contributed by atoms with Gasteiger partial charge >= 0.3 is 0 Å². The zero-order valence-corrected chi connectivity index (χ0v) is 22.7. The van der Waals surface area contributed by atoms with Crippen LogP contribution in [-0.2, 0) is 24.8 Å². The minimum absolute atomic E-state index is 0.00770. The van der Waals surface area contributed by atoms with Gasteiger partial charge in [-0.1, -0.05) is 41.4 Å². The lowest BCUT2D eigenvalue weighted by molar-refractivity contribution is 0.0730. The summed E-state index contributed by atoms with van der Waals surface area (Å²) < 4.78 is 60.2. The van der Waals surface area contributed by atoms with E-state index in [0.717, 1.165) is 4.31 Å². The van der Waals surface area contributed by atoms with Crippen molar-refractivity contribution in [1.82, 2.24) is 4.31 Å². The molecule has 4 rings (SSSR count). The van der Waals surface area contributed by atoms with Crippen LogP contribution in [0, 0.1) is 0 Å². The smallest absolute Gasteiger partial charge is 0.265 e. The van der Waals surface area contributed by atoms with E-state index >= 15 is 0 Å². The first-order chi connectivity index (χ1) is 17.5. The van der Waals surface area contributed by atoms with E-state index in [1.807, 2.05) is 0 Å². The SMILES string of the molecule is CN(c1ccccc1)S(=O)(=O)c1cc(C(=O)Nc2ccc(Cl)c(S(=O)(=O)N3CCOCC3)c2)ccc1Cl. The molecule has 0 aliphatic carbocycles. The van der Waals surface area contributed by atoms with Crippen molar-refractivity contribution in [2.45, 2.75) is 9.79 Å². The van der Waals surface area contributed by atoms with E-state index < -0.39 is 26.0 Å². The van der Waals surface area contributed by atoms with Crippen molar-refractivity contribution in [3.63, 3.8) is 0 Å². The molecule has 37 heavy (non-hydrogen) atoms. The van der Waals surface area contributed by atoms with Gasteiger partial charge in [0.2, 0.25) is 10.0 Å². The zero-order chi connectivity index (χ0) is 26.8. The Morgan fingerprint density at radius 1 is 0.892 bits per heavy atom. The molecule has 1 heterocycles. The predicted octanol–water partition coefficient (Wildman–Crippen LogP) is 4.09. The minimum atomic E-state index is -4.09. The molecule has 1 aliphatic rings. The number of amides is 1. The van der Waals surface area contributed by atoms with Gasteiger partial charge < -0.3 is 10.1 Å². The number of para-hydroxylation sites is 1. The molecule has 9 nitrogen and oxygen atoms in total. The topological polar surface area (TPSA) is 113 Å². The first kappa shape index (κ1) is 27.4. The monoisotopic (exact) mass is 583 g/mol. The summed E-state index contributed by atoms with van der Waals surface area (Å²) in [4.78, 5) is 12.6. The Balaban J connectivity index is 1.61. The lowest BCUT2D eigenvalue weighted by Crippen LogP contribution is -2.40. The normalized spacial score (nSPS) is 14.8. The van der Waals surface area contributed by atoms with Crippen molar-refractivity contribution < 1.29 is 26.4 Å². The number of carbonyl (C=O) groups is 1. The summed E-state index contributed by atoms with van der Waals surface area (Å²) in [5, 5.41) is 2.56. The van der Waals surface area contributed by atoms with Crippen LogP contribution in [0.4, 0.5) is 11.4 Å². The number of ether oxygens (including phenoxy) is 1. The highest BCUT2D eigenvalue weighted by atomic mass is 35.5. The first-order valence-electron chi connectivity index (χ1n) is 11.0. The van der Waals surface area contributed by atoms with E-state index in [1.54, 1.807) is 30.3 Å². The second-order valence-electron chi connectivity index (χ2n) is 8.07. The van der Waals surface area contributed by atoms with Gasteiger partial charge in [-0.3, -0.25) is 9.10 Å². The van der Waals surface area contributed by atoms with Gasteiger partial charge in [-0.05, 0) is 48.5 Å². The molecule has 3 aromatic carbocycles. The van der Waals surface area contributed by atoms with Crippen molar-refractivity contribution in [2.24, 2.45) is 0 Å². The third-order valence-electron chi connectivity index (χ3n) is 5.73. The molecule has 0 unspecified atom stereocenters. The summed E-state index contributed by atoms with van der Waals surface area (Å²) in [6, 6.07) is 16.4. The molecule has 1 aliphatic heterocycles. The fraction of sp³-hybridized carbons (Fsp3) is 0.208. The molecule has 13 heteroatoms. The number of halogens is 2. The number of nitrogens with one attached hydrogen (secondary N) is 1. The van der Waals surface area contributed by atoms with E-state index in [9.17, 15) is 21.6 Å². The van der Waals surface area contributed by atoms with Gasteiger partial charge in [0.05, 0.1) is 28.9 Å². The first-order valence-corrected chi connectivity index (χ1v) is 14.7. The Bertz CT molecular complexity index is 1530. The Labute approximate surface area is 225 Å². The molecule has 1 saturated heterocycles. The van der Waals surface area contributed by atoms with Crippen LogP contribution in [0.15, 0.2) is 76.5 Å². The molecule has 3 aromatic rings. The lowest BCUT2D eigenvalue weighted by atomic mass is 10.2. The number of sulfonamides is 2. The van der Waals surface area contributed by atoms with Crippen LogP contribution >= 0.6 is 23.2 Å². The van der Waals surface area contributed by atoms with Gasteiger partial charge in [0, 0.05) is 31.4 Å². The van der Waals surface area contributed by atoms with Crippen molar-refractivity contribution in [3.8, 4) is 0 Å². The van der Waals surface area contributed by atoms with E-state index in [-0.39, 0.29) is 57.4 Å². The predicted molar refractivity (Wildman–Crippen MR) is 142 cm³/mol. The Kier molecular flexibility index (Phi) is 8.12. The quantitative estimate of drug-likeness (QED) is 0.448. The second kappa shape index (κ2) is 11.0. The third-order valence-corrected chi connectivity index (χ3v) is 10.4. The number of benzene rings is 3. The fourth-order valence-corrected chi connectivity index (χ4v) is 7.28. The molecule has 0 bridgehead atoms. The van der Waals surface area contributed by atoms with E-state index in [0.29, 0.717) is 5.69 Å². The number of hydrogen-bond donors (Lipinski definition) is 1. The molecule has 0 aromatic heterocycles. The molecule has 1 fully saturated rings. The molecule has 1 N–H and O–H groups in total. The van der Waals surface area contributed by atoms with Crippen molar-refractivity contribution in [3.05, 3.63) is 82.3 Å². The van der Waals surface area contributed by atoms with Crippen LogP contribution in [0.25, 0.3) is 0 Å². The number of anilines is 2. The largest absolute Gasteiger partial charge is 0.379 e. The molecule has 1 amide bonds. The Hall–Kier alpha value is -2.67. The van der Waals surface area contributed by atoms with E-state index in [4.69, 9.17) is 27.9 Å². The number of carbonyl (C=O) groups excluding carboxylic acids is 1. The summed E-state index contributed by atoms with van der Waals surface area (Å²) in [6.45, 7) is 0.923. The van der Waals surface area contributed by atoms with Crippen LogP contribution in [0.2, 0.25) is 10.0 Å². The molecule has 0 atom stereocenters. The van der Waals surface area contributed by atoms with Gasteiger partial charge in [-0.2, -0.15) is 4.31 Å². The maximum atomic E-state index is 13.2. The van der Waals surface area contributed by atoms with Gasteiger partial charge in [-0.15, -0.1) is 0 Å². The summed E-state index contributed by atoms with van der Waals surface area (Å²) in [5.74, 6) is -0.660. The average molecular weight is 585 g/mol. The second-order valence-corrected chi connectivity index (χ2v) is 12.7. The molecular formula is C24H23Cl2N3O6S2. The van der Waals surface area contributed by atoms with Gasteiger partial charge in [0.1, 0.15) is 9.79 Å². The van der Waals surface area contributed by atoms with Crippen molar-refractivity contribution in [1.29, 1.82) is 0 Å². The van der Waals surface area contributed by atoms with Crippen LogP contribution in [-0.4, -0.2) is 60.4 Å². The van der Waals surface area contributed by atoms with Crippen molar-refractivity contribution in [2.75, 3.05) is 43.0 Å². The summed E-state index contributed by atoms with van der Waals surface area (Å²) in [7, 11) is -6.62. The molecule has 0 spiro atoms. The molecule has 196 valence electrons. The van der Waals surface area contributed by atoms with E-state index in [1.165, 1.54) is 47.8 Å². The summed E-state index contributed by atoms with van der Waals surface area (Å²) in [5.41, 5.74) is 0.600. The number of morpholine rings is 1. The summed E-state index contributed by atoms with van der Waals surface area (Å²) in [6.07, 6.45) is 0.